The van der Waals surface area contributed by atoms with Crippen molar-refractivity contribution in [2.45, 2.75) is 123 Å². The molecule has 0 aromatic heterocycles. The predicted octanol–water partition coefficient (Wildman–Crippen LogP) is 9.56. The lowest BCUT2D eigenvalue weighted by atomic mass is 10.0. The zero-order valence-corrected chi connectivity index (χ0v) is 23.4. The Morgan fingerprint density at radius 2 is 1.19 bits per heavy atom. The molecule has 0 N–H and O–H groups in total. The number of benzene rings is 2. The summed E-state index contributed by atoms with van der Waals surface area (Å²) in [6.07, 6.45) is 15.0. The van der Waals surface area contributed by atoms with Gasteiger partial charge < -0.3 is 14.2 Å². The summed E-state index contributed by atoms with van der Waals surface area (Å²) in [5.41, 5.74) is 3.09. The molecular formula is C33H48O4. The summed E-state index contributed by atoms with van der Waals surface area (Å²) >= 11 is 0. The number of ether oxygens (including phenoxy) is 3. The van der Waals surface area contributed by atoms with E-state index >= 15 is 0 Å². The van der Waals surface area contributed by atoms with Crippen LogP contribution in [0.25, 0.3) is 11.1 Å². The minimum Gasteiger partial charge on any atom is -0.494 e. The topological polar surface area (TPSA) is 44.8 Å². The van der Waals surface area contributed by atoms with E-state index in [0.29, 0.717) is 0 Å². The van der Waals surface area contributed by atoms with Crippen molar-refractivity contribution in [3.05, 3.63) is 54.1 Å². The zero-order chi connectivity index (χ0) is 26.3. The summed E-state index contributed by atoms with van der Waals surface area (Å²) in [6.45, 7) is 7.39. The Balaban J connectivity index is 1.55. The molecule has 1 fully saturated rings. The van der Waals surface area contributed by atoms with Crippen molar-refractivity contribution in [3.63, 3.8) is 0 Å². The number of hydrogen-bond donors (Lipinski definition) is 0. The first kappa shape index (κ1) is 29.2. The van der Waals surface area contributed by atoms with E-state index in [1.54, 1.807) is 0 Å². The van der Waals surface area contributed by atoms with Crippen LogP contribution in [-0.2, 0) is 14.3 Å². The maximum Gasteiger partial charge on any atom is 0.342 e. The molecule has 204 valence electrons. The van der Waals surface area contributed by atoms with E-state index in [-0.39, 0.29) is 5.97 Å². The molecule has 0 bridgehead atoms. The Hall–Kier alpha value is -2.33. The number of carbonyl (C=O) groups excluding carboxylic acids is 1. The molecule has 0 saturated carbocycles. The third-order valence-corrected chi connectivity index (χ3v) is 7.32. The van der Waals surface area contributed by atoms with Crippen molar-refractivity contribution in [1.29, 1.82) is 0 Å². The van der Waals surface area contributed by atoms with Gasteiger partial charge in [-0.25, -0.2) is 4.79 Å². The molecule has 0 unspecified atom stereocenters. The van der Waals surface area contributed by atoms with Gasteiger partial charge in [0.25, 0.3) is 0 Å². The molecular weight excluding hydrogens is 460 g/mol. The van der Waals surface area contributed by atoms with E-state index < -0.39 is 11.9 Å². The van der Waals surface area contributed by atoms with E-state index in [2.05, 4.69) is 45.0 Å². The Kier molecular flexibility index (Phi) is 12.5. The van der Waals surface area contributed by atoms with Gasteiger partial charge in [0.05, 0.1) is 6.61 Å². The normalized spacial score (nSPS) is 16.6. The third-order valence-electron chi connectivity index (χ3n) is 7.32. The maximum atomic E-state index is 12.9. The molecule has 1 heterocycles. The van der Waals surface area contributed by atoms with Crippen LogP contribution < -0.4 is 4.74 Å². The second kappa shape index (κ2) is 15.8. The summed E-state index contributed by atoms with van der Waals surface area (Å²) in [5.74, 6) is -0.109. The van der Waals surface area contributed by atoms with Gasteiger partial charge in [-0.05, 0) is 48.1 Å². The molecule has 4 nitrogen and oxygen atoms in total. The van der Waals surface area contributed by atoms with Gasteiger partial charge in [-0.15, -0.1) is 0 Å². The van der Waals surface area contributed by atoms with E-state index in [9.17, 15) is 4.79 Å². The van der Waals surface area contributed by atoms with Crippen molar-refractivity contribution in [2.24, 2.45) is 0 Å². The number of cyclic esters (lactones) is 1. The number of rotatable bonds is 18. The lowest BCUT2D eigenvalue weighted by Gasteiger charge is -2.27. The third kappa shape index (κ3) is 9.17. The van der Waals surface area contributed by atoms with E-state index in [1.165, 1.54) is 32.1 Å². The molecule has 2 aromatic rings. The van der Waals surface area contributed by atoms with Crippen molar-refractivity contribution >= 4 is 5.97 Å². The van der Waals surface area contributed by atoms with Crippen LogP contribution in [0.4, 0.5) is 0 Å². The summed E-state index contributed by atoms with van der Waals surface area (Å²) < 4.78 is 18.2. The average Bonchev–Trinajstić information content (AvgIpc) is 3.25. The average molecular weight is 509 g/mol. The molecule has 0 aliphatic carbocycles. The Morgan fingerprint density at radius 1 is 0.676 bits per heavy atom. The highest BCUT2D eigenvalue weighted by Gasteiger charge is 2.47. The monoisotopic (exact) mass is 508 g/mol. The zero-order valence-electron chi connectivity index (χ0n) is 23.4. The largest absolute Gasteiger partial charge is 0.494 e. The first-order valence-electron chi connectivity index (χ1n) is 14.8. The van der Waals surface area contributed by atoms with Gasteiger partial charge in [0.15, 0.2) is 6.10 Å². The minimum absolute atomic E-state index is 0.257. The first-order chi connectivity index (χ1) is 18.1. The van der Waals surface area contributed by atoms with E-state index in [1.807, 2.05) is 24.3 Å². The van der Waals surface area contributed by atoms with Gasteiger partial charge in [0, 0.05) is 12.8 Å². The molecule has 0 spiro atoms. The summed E-state index contributed by atoms with van der Waals surface area (Å²) in [7, 11) is 0. The molecule has 1 aliphatic heterocycles. The molecule has 37 heavy (non-hydrogen) atoms. The molecule has 1 aliphatic rings. The van der Waals surface area contributed by atoms with Crippen LogP contribution in [0.15, 0.2) is 48.5 Å². The van der Waals surface area contributed by atoms with Gasteiger partial charge in [0.2, 0.25) is 5.79 Å². The first-order valence-corrected chi connectivity index (χ1v) is 14.8. The highest BCUT2D eigenvalue weighted by Crippen LogP contribution is 2.41. The van der Waals surface area contributed by atoms with E-state index in [4.69, 9.17) is 14.2 Å². The van der Waals surface area contributed by atoms with Crippen LogP contribution in [0.3, 0.4) is 0 Å². The highest BCUT2D eigenvalue weighted by atomic mass is 16.8. The summed E-state index contributed by atoms with van der Waals surface area (Å²) in [6, 6.07) is 16.4. The molecule has 1 atom stereocenters. The highest BCUT2D eigenvalue weighted by molar-refractivity contribution is 5.79. The van der Waals surface area contributed by atoms with E-state index in [0.717, 1.165) is 86.8 Å². The standard InChI is InChI=1S/C33H48O4/c1-4-7-10-11-12-15-26-35-30-22-20-28(21-23-30)27-16-18-29(19-17-27)31-32(34)37-33(36-31,24-13-8-5-2)25-14-9-6-3/h16-23,31H,4-15,24-26H2,1-3H3/t31-/m1/s1. The minimum atomic E-state index is -0.768. The molecule has 1 saturated heterocycles. The predicted molar refractivity (Wildman–Crippen MR) is 152 cm³/mol. The van der Waals surface area contributed by atoms with Crippen molar-refractivity contribution in [3.8, 4) is 16.9 Å². The fourth-order valence-electron chi connectivity index (χ4n) is 5.03. The lowest BCUT2D eigenvalue weighted by molar-refractivity contribution is -0.186. The number of unbranched alkanes of at least 4 members (excludes halogenated alkanes) is 9. The fraction of sp³-hybridized carbons (Fsp3) is 0.606. The van der Waals surface area contributed by atoms with Crippen LogP contribution in [0, 0.1) is 0 Å². The van der Waals surface area contributed by atoms with Gasteiger partial charge >= 0.3 is 5.97 Å². The molecule has 3 rings (SSSR count). The molecule has 4 heteroatoms. The van der Waals surface area contributed by atoms with Gasteiger partial charge in [-0.2, -0.15) is 0 Å². The Bertz CT molecular complexity index is 893. The summed E-state index contributed by atoms with van der Waals surface area (Å²) in [5, 5.41) is 0. The second-order valence-electron chi connectivity index (χ2n) is 10.5. The van der Waals surface area contributed by atoms with Crippen LogP contribution in [0.5, 0.6) is 5.75 Å². The number of esters is 1. The lowest BCUT2D eigenvalue weighted by Crippen LogP contribution is -2.30. The quantitative estimate of drug-likeness (QED) is 0.148. The van der Waals surface area contributed by atoms with Crippen LogP contribution >= 0.6 is 0 Å². The van der Waals surface area contributed by atoms with Gasteiger partial charge in [0.1, 0.15) is 5.75 Å². The van der Waals surface area contributed by atoms with Crippen molar-refractivity contribution in [1.82, 2.24) is 0 Å². The number of carbonyl (C=O) groups is 1. The van der Waals surface area contributed by atoms with Crippen molar-refractivity contribution < 1.29 is 19.0 Å². The van der Waals surface area contributed by atoms with Crippen LogP contribution in [0.1, 0.15) is 122 Å². The van der Waals surface area contributed by atoms with Crippen LogP contribution in [-0.4, -0.2) is 18.4 Å². The molecule has 2 aromatic carbocycles. The van der Waals surface area contributed by atoms with Crippen LogP contribution in [0.2, 0.25) is 0 Å². The second-order valence-corrected chi connectivity index (χ2v) is 10.5. The fourth-order valence-corrected chi connectivity index (χ4v) is 5.03. The van der Waals surface area contributed by atoms with Gasteiger partial charge in [-0.1, -0.05) is 115 Å². The smallest absolute Gasteiger partial charge is 0.342 e. The van der Waals surface area contributed by atoms with Crippen molar-refractivity contribution in [2.75, 3.05) is 6.61 Å². The Labute approximate surface area is 225 Å². The van der Waals surface area contributed by atoms with Gasteiger partial charge in [-0.3, -0.25) is 0 Å². The molecule has 0 amide bonds. The molecule has 0 radical (unpaired) electrons. The maximum absolute atomic E-state index is 12.9. The summed E-state index contributed by atoms with van der Waals surface area (Å²) in [4.78, 5) is 12.9. The SMILES string of the molecule is CCCCCCCCOc1ccc(-c2ccc([C@H]3OC(CCCCC)(CCCCC)OC3=O)cc2)cc1. The number of hydrogen-bond acceptors (Lipinski definition) is 4. The Morgan fingerprint density at radius 3 is 1.78 bits per heavy atom.